The number of amides is 1. The van der Waals surface area contributed by atoms with Crippen LogP contribution in [0, 0.1) is 0 Å². The quantitative estimate of drug-likeness (QED) is 0.833. The molecule has 2 N–H and O–H groups in total. The molecule has 0 aliphatic carbocycles. The zero-order valence-electron chi connectivity index (χ0n) is 10.1. The molecule has 1 aromatic carbocycles. The molecule has 2 rings (SSSR count). The fraction of sp³-hybridized carbons (Fsp3) is 0.500. The fourth-order valence-electron chi connectivity index (χ4n) is 2.22. The van der Waals surface area contributed by atoms with E-state index in [4.69, 9.17) is 0 Å². The van der Waals surface area contributed by atoms with Gasteiger partial charge in [-0.1, -0.05) is 24.6 Å². The third-order valence-corrected chi connectivity index (χ3v) is 3.23. The van der Waals surface area contributed by atoms with Gasteiger partial charge in [0.2, 0.25) is 0 Å². The maximum Gasteiger partial charge on any atom is 0.251 e. The molecule has 1 unspecified atom stereocenters. The van der Waals surface area contributed by atoms with Crippen LogP contribution in [-0.2, 0) is 0 Å². The lowest BCUT2D eigenvalue weighted by atomic mass is 10.0. The predicted molar refractivity (Wildman–Crippen MR) is 69.0 cm³/mol. The minimum absolute atomic E-state index is 0.0291. The number of benzene rings is 1. The van der Waals surface area contributed by atoms with E-state index in [1.165, 1.54) is 19.3 Å². The van der Waals surface area contributed by atoms with Gasteiger partial charge in [0, 0.05) is 18.2 Å². The van der Waals surface area contributed by atoms with Crippen molar-refractivity contribution >= 4 is 5.91 Å². The maximum atomic E-state index is 11.8. The average molecular weight is 232 g/mol. The van der Waals surface area contributed by atoms with Gasteiger partial charge in [0.05, 0.1) is 0 Å². The molecular formula is C14H20N2O. The lowest BCUT2D eigenvalue weighted by Crippen LogP contribution is -2.37. The first-order valence-electron chi connectivity index (χ1n) is 6.43. The van der Waals surface area contributed by atoms with Crippen molar-refractivity contribution in [3.05, 3.63) is 35.9 Å². The minimum atomic E-state index is 0.0291. The fourth-order valence-corrected chi connectivity index (χ4v) is 2.22. The van der Waals surface area contributed by atoms with Crippen molar-refractivity contribution in [2.24, 2.45) is 0 Å². The van der Waals surface area contributed by atoms with Crippen molar-refractivity contribution in [1.29, 1.82) is 0 Å². The molecule has 1 fully saturated rings. The van der Waals surface area contributed by atoms with E-state index in [0.29, 0.717) is 6.04 Å². The summed E-state index contributed by atoms with van der Waals surface area (Å²) in [5.41, 5.74) is 0.740. The zero-order chi connectivity index (χ0) is 11.9. The van der Waals surface area contributed by atoms with Gasteiger partial charge < -0.3 is 10.6 Å². The molecule has 17 heavy (non-hydrogen) atoms. The molecule has 1 heterocycles. The molecule has 92 valence electrons. The Morgan fingerprint density at radius 2 is 2.12 bits per heavy atom. The largest absolute Gasteiger partial charge is 0.352 e. The molecule has 3 nitrogen and oxygen atoms in total. The molecule has 0 radical (unpaired) electrons. The summed E-state index contributed by atoms with van der Waals surface area (Å²) in [6.07, 6.45) is 4.86. The van der Waals surface area contributed by atoms with Gasteiger partial charge in [0.1, 0.15) is 0 Å². The Morgan fingerprint density at radius 1 is 1.29 bits per heavy atom. The van der Waals surface area contributed by atoms with E-state index in [-0.39, 0.29) is 5.91 Å². The van der Waals surface area contributed by atoms with Gasteiger partial charge in [-0.15, -0.1) is 0 Å². The Balaban J connectivity index is 1.69. The zero-order valence-corrected chi connectivity index (χ0v) is 10.1. The van der Waals surface area contributed by atoms with E-state index in [1.807, 2.05) is 30.3 Å². The Kier molecular flexibility index (Phi) is 4.56. The lowest BCUT2D eigenvalue weighted by molar-refractivity contribution is 0.0951. The van der Waals surface area contributed by atoms with Crippen molar-refractivity contribution in [1.82, 2.24) is 10.6 Å². The highest BCUT2D eigenvalue weighted by molar-refractivity contribution is 5.94. The first kappa shape index (κ1) is 12.1. The van der Waals surface area contributed by atoms with E-state index in [0.717, 1.165) is 25.1 Å². The summed E-state index contributed by atoms with van der Waals surface area (Å²) in [4.78, 5) is 11.8. The van der Waals surface area contributed by atoms with E-state index in [1.54, 1.807) is 0 Å². The number of hydrogen-bond donors (Lipinski definition) is 2. The molecule has 1 aliphatic heterocycles. The van der Waals surface area contributed by atoms with Crippen LogP contribution in [0.2, 0.25) is 0 Å². The number of rotatable bonds is 4. The number of nitrogens with one attached hydrogen (secondary N) is 2. The summed E-state index contributed by atoms with van der Waals surface area (Å²) < 4.78 is 0. The summed E-state index contributed by atoms with van der Waals surface area (Å²) in [5, 5.41) is 6.45. The van der Waals surface area contributed by atoms with Crippen LogP contribution in [0.5, 0.6) is 0 Å². The standard InChI is InChI=1S/C14H20N2O/c17-14(12-6-2-1-3-7-12)16-11-9-13-8-4-5-10-15-13/h1-3,6-7,13,15H,4-5,8-11H2,(H,16,17). The summed E-state index contributed by atoms with van der Waals surface area (Å²) >= 11 is 0. The van der Waals surface area contributed by atoms with E-state index >= 15 is 0 Å². The molecule has 0 spiro atoms. The third kappa shape index (κ3) is 3.86. The van der Waals surface area contributed by atoms with Crippen LogP contribution in [0.1, 0.15) is 36.0 Å². The second-order valence-corrected chi connectivity index (χ2v) is 4.56. The highest BCUT2D eigenvalue weighted by Gasteiger charge is 2.12. The monoisotopic (exact) mass is 232 g/mol. The van der Waals surface area contributed by atoms with Gasteiger partial charge >= 0.3 is 0 Å². The van der Waals surface area contributed by atoms with Gasteiger partial charge in [-0.05, 0) is 37.9 Å². The molecule has 1 aromatic rings. The molecule has 0 aromatic heterocycles. The molecule has 1 saturated heterocycles. The van der Waals surface area contributed by atoms with Gasteiger partial charge in [-0.3, -0.25) is 4.79 Å². The van der Waals surface area contributed by atoms with Crippen LogP contribution >= 0.6 is 0 Å². The lowest BCUT2D eigenvalue weighted by Gasteiger charge is -2.23. The second kappa shape index (κ2) is 6.40. The van der Waals surface area contributed by atoms with Crippen LogP contribution in [0.4, 0.5) is 0 Å². The molecule has 1 atom stereocenters. The number of piperidine rings is 1. The maximum absolute atomic E-state index is 11.8. The van der Waals surface area contributed by atoms with E-state index in [2.05, 4.69) is 10.6 Å². The average Bonchev–Trinajstić information content (AvgIpc) is 2.41. The number of carbonyl (C=O) groups excluding carboxylic acids is 1. The Bertz CT molecular complexity index is 344. The summed E-state index contributed by atoms with van der Waals surface area (Å²) in [5.74, 6) is 0.0291. The summed E-state index contributed by atoms with van der Waals surface area (Å²) in [6, 6.07) is 9.96. The highest BCUT2D eigenvalue weighted by Crippen LogP contribution is 2.09. The van der Waals surface area contributed by atoms with Crippen molar-refractivity contribution in [3.63, 3.8) is 0 Å². The van der Waals surface area contributed by atoms with Gasteiger partial charge in [0.15, 0.2) is 0 Å². The Hall–Kier alpha value is -1.35. The van der Waals surface area contributed by atoms with Crippen LogP contribution in [0.25, 0.3) is 0 Å². The van der Waals surface area contributed by atoms with Gasteiger partial charge in [0.25, 0.3) is 5.91 Å². The number of carbonyl (C=O) groups is 1. The number of hydrogen-bond acceptors (Lipinski definition) is 2. The second-order valence-electron chi connectivity index (χ2n) is 4.56. The highest BCUT2D eigenvalue weighted by atomic mass is 16.1. The van der Waals surface area contributed by atoms with Gasteiger partial charge in [-0.25, -0.2) is 0 Å². The molecule has 1 amide bonds. The Labute approximate surface area is 103 Å². The van der Waals surface area contributed by atoms with Crippen LogP contribution < -0.4 is 10.6 Å². The normalized spacial score (nSPS) is 19.9. The van der Waals surface area contributed by atoms with E-state index in [9.17, 15) is 4.79 Å². The molecule has 3 heteroatoms. The molecule has 1 aliphatic rings. The topological polar surface area (TPSA) is 41.1 Å². The third-order valence-electron chi connectivity index (χ3n) is 3.23. The van der Waals surface area contributed by atoms with Crippen LogP contribution in [0.15, 0.2) is 30.3 Å². The van der Waals surface area contributed by atoms with Crippen molar-refractivity contribution in [2.75, 3.05) is 13.1 Å². The predicted octanol–water partition coefficient (Wildman–Crippen LogP) is 1.95. The Morgan fingerprint density at radius 3 is 2.82 bits per heavy atom. The van der Waals surface area contributed by atoms with E-state index < -0.39 is 0 Å². The van der Waals surface area contributed by atoms with Gasteiger partial charge in [-0.2, -0.15) is 0 Å². The molecule has 0 bridgehead atoms. The summed E-state index contributed by atoms with van der Waals surface area (Å²) in [7, 11) is 0. The first-order chi connectivity index (χ1) is 8.36. The van der Waals surface area contributed by atoms with Crippen molar-refractivity contribution in [3.8, 4) is 0 Å². The smallest absolute Gasteiger partial charge is 0.251 e. The van der Waals surface area contributed by atoms with Crippen molar-refractivity contribution in [2.45, 2.75) is 31.7 Å². The summed E-state index contributed by atoms with van der Waals surface area (Å²) in [6.45, 7) is 1.88. The van der Waals surface area contributed by atoms with Crippen molar-refractivity contribution < 1.29 is 4.79 Å². The minimum Gasteiger partial charge on any atom is -0.352 e. The SMILES string of the molecule is O=C(NCCC1CCCCN1)c1ccccc1. The molecular weight excluding hydrogens is 212 g/mol. The first-order valence-corrected chi connectivity index (χ1v) is 6.43. The van der Waals surface area contributed by atoms with Crippen LogP contribution in [-0.4, -0.2) is 25.0 Å². The molecule has 0 saturated carbocycles. The van der Waals surface area contributed by atoms with Crippen LogP contribution in [0.3, 0.4) is 0 Å².